The van der Waals surface area contributed by atoms with Gasteiger partial charge >= 0.3 is 0 Å². The minimum atomic E-state index is -0.662. The van der Waals surface area contributed by atoms with Crippen LogP contribution in [0.2, 0.25) is 0 Å². The van der Waals surface area contributed by atoms with Crippen LogP contribution in [0.15, 0.2) is 28.3 Å². The van der Waals surface area contributed by atoms with E-state index in [1.807, 2.05) is 0 Å². The number of nitro benzene ring substituents is 1. The van der Waals surface area contributed by atoms with Crippen LogP contribution in [-0.2, 0) is 6.54 Å². The van der Waals surface area contributed by atoms with E-state index in [-0.39, 0.29) is 15.8 Å². The van der Waals surface area contributed by atoms with E-state index in [9.17, 15) is 14.5 Å². The third kappa shape index (κ3) is 2.82. The summed E-state index contributed by atoms with van der Waals surface area (Å²) >= 11 is 4.44. The number of anilines is 1. The molecule has 0 radical (unpaired) electrons. The molecule has 5 nitrogen and oxygen atoms in total. The number of rotatable bonds is 4. The fourth-order valence-corrected chi connectivity index (χ4v) is 2.22. The van der Waals surface area contributed by atoms with E-state index in [0.29, 0.717) is 6.54 Å². The Morgan fingerprint density at radius 2 is 2.33 bits per heavy atom. The summed E-state index contributed by atoms with van der Waals surface area (Å²) in [6, 6.07) is 2.24. The number of aromatic nitrogens is 1. The number of nitrogens with zero attached hydrogens (tertiary/aromatic N) is 2. The normalized spacial score (nSPS) is 10.3. The Balaban J connectivity index is 2.25. The highest BCUT2D eigenvalue weighted by Crippen LogP contribution is 2.30. The lowest BCUT2D eigenvalue weighted by atomic mass is 10.2. The summed E-state index contributed by atoms with van der Waals surface area (Å²) in [7, 11) is 0. The van der Waals surface area contributed by atoms with Gasteiger partial charge in [0, 0.05) is 11.1 Å². The second-order valence-corrected chi connectivity index (χ2v) is 5.19. The molecular formula is C10H7BrFN3O2S. The zero-order chi connectivity index (χ0) is 13.1. The van der Waals surface area contributed by atoms with Crippen molar-refractivity contribution in [3.8, 4) is 0 Å². The molecule has 94 valence electrons. The highest BCUT2D eigenvalue weighted by atomic mass is 79.9. The van der Waals surface area contributed by atoms with E-state index in [0.717, 1.165) is 10.9 Å². The molecule has 18 heavy (non-hydrogen) atoms. The van der Waals surface area contributed by atoms with Crippen LogP contribution in [0.1, 0.15) is 4.88 Å². The van der Waals surface area contributed by atoms with Gasteiger partial charge < -0.3 is 5.32 Å². The molecule has 2 rings (SSSR count). The molecular weight excluding hydrogens is 325 g/mol. The van der Waals surface area contributed by atoms with E-state index in [1.165, 1.54) is 17.4 Å². The molecule has 0 saturated carbocycles. The molecule has 0 amide bonds. The molecule has 1 N–H and O–H groups in total. The number of nitrogens with one attached hydrogen (secondary N) is 1. The van der Waals surface area contributed by atoms with Gasteiger partial charge in [0.15, 0.2) is 0 Å². The van der Waals surface area contributed by atoms with E-state index >= 15 is 0 Å². The minimum absolute atomic E-state index is 0.180. The maximum Gasteiger partial charge on any atom is 0.295 e. The van der Waals surface area contributed by atoms with Crippen molar-refractivity contribution in [1.29, 1.82) is 0 Å². The Bertz CT molecular complexity index is 577. The van der Waals surface area contributed by atoms with Crippen LogP contribution in [0, 0.1) is 15.9 Å². The second-order valence-electron chi connectivity index (χ2n) is 3.36. The first kappa shape index (κ1) is 12.9. The summed E-state index contributed by atoms with van der Waals surface area (Å²) in [5, 5.41) is 13.7. The molecule has 0 aliphatic carbocycles. The number of benzene rings is 1. The predicted molar refractivity (Wildman–Crippen MR) is 70.2 cm³/mol. The van der Waals surface area contributed by atoms with Crippen LogP contribution >= 0.6 is 27.3 Å². The van der Waals surface area contributed by atoms with Crippen LogP contribution < -0.4 is 5.32 Å². The molecule has 2 aromatic rings. The number of thiazole rings is 1. The Morgan fingerprint density at radius 1 is 1.56 bits per heavy atom. The molecule has 0 fully saturated rings. The van der Waals surface area contributed by atoms with E-state index in [2.05, 4.69) is 26.2 Å². The summed E-state index contributed by atoms with van der Waals surface area (Å²) in [5.41, 5.74) is 1.65. The molecule has 0 atom stereocenters. The highest BCUT2D eigenvalue weighted by Gasteiger charge is 2.17. The van der Waals surface area contributed by atoms with Gasteiger partial charge in [0.05, 0.1) is 27.5 Å². The van der Waals surface area contributed by atoms with Crippen molar-refractivity contribution in [3.63, 3.8) is 0 Å². The molecule has 0 unspecified atom stereocenters. The fourth-order valence-electron chi connectivity index (χ4n) is 1.34. The lowest BCUT2D eigenvalue weighted by Crippen LogP contribution is -2.02. The summed E-state index contributed by atoms with van der Waals surface area (Å²) in [6.07, 6.45) is 1.67. The third-order valence-corrected chi connectivity index (χ3v) is 3.56. The molecule has 1 aromatic heterocycles. The molecule has 8 heteroatoms. The second kappa shape index (κ2) is 5.40. The van der Waals surface area contributed by atoms with Gasteiger partial charge in [0.25, 0.3) is 5.69 Å². The molecule has 0 spiro atoms. The topological polar surface area (TPSA) is 68.1 Å². The summed E-state index contributed by atoms with van der Waals surface area (Å²) < 4.78 is 13.4. The lowest BCUT2D eigenvalue weighted by Gasteiger charge is -2.06. The van der Waals surface area contributed by atoms with Crippen molar-refractivity contribution in [2.24, 2.45) is 0 Å². The van der Waals surface area contributed by atoms with Crippen LogP contribution in [0.25, 0.3) is 0 Å². The Hall–Kier alpha value is -1.54. The van der Waals surface area contributed by atoms with E-state index in [4.69, 9.17) is 0 Å². The Kier molecular flexibility index (Phi) is 3.87. The predicted octanol–water partition coefficient (Wildman–Crippen LogP) is 3.57. The highest BCUT2D eigenvalue weighted by molar-refractivity contribution is 9.10. The van der Waals surface area contributed by atoms with Crippen LogP contribution in [0.4, 0.5) is 15.8 Å². The van der Waals surface area contributed by atoms with Gasteiger partial charge in [-0.3, -0.25) is 15.1 Å². The maximum atomic E-state index is 13.2. The van der Waals surface area contributed by atoms with Crippen LogP contribution in [-0.4, -0.2) is 9.91 Å². The quantitative estimate of drug-likeness (QED) is 0.687. The van der Waals surface area contributed by atoms with E-state index < -0.39 is 10.7 Å². The van der Waals surface area contributed by atoms with Gasteiger partial charge in [0.2, 0.25) is 0 Å². The number of nitro groups is 1. The molecule has 0 saturated heterocycles. The van der Waals surface area contributed by atoms with Crippen molar-refractivity contribution in [2.75, 3.05) is 5.32 Å². The summed E-state index contributed by atoms with van der Waals surface area (Å²) in [6.45, 7) is 0.406. The number of halogens is 2. The molecule has 0 bridgehead atoms. The molecule has 0 aliphatic rings. The number of hydrogen-bond acceptors (Lipinski definition) is 5. The summed E-state index contributed by atoms with van der Waals surface area (Å²) in [5.74, 6) is -0.662. The molecule has 0 aliphatic heterocycles. The van der Waals surface area contributed by atoms with Gasteiger partial charge in [-0.1, -0.05) is 0 Å². The van der Waals surface area contributed by atoms with Crippen molar-refractivity contribution < 1.29 is 9.31 Å². The first-order valence-electron chi connectivity index (χ1n) is 4.82. The first-order valence-corrected chi connectivity index (χ1v) is 6.50. The van der Waals surface area contributed by atoms with Gasteiger partial charge in [-0.15, -0.1) is 11.3 Å². The van der Waals surface area contributed by atoms with Crippen molar-refractivity contribution in [3.05, 3.63) is 49.1 Å². The van der Waals surface area contributed by atoms with Crippen LogP contribution in [0.5, 0.6) is 0 Å². The average molecular weight is 332 g/mol. The van der Waals surface area contributed by atoms with Crippen molar-refractivity contribution in [2.45, 2.75) is 6.54 Å². The molecule has 1 aromatic carbocycles. The zero-order valence-electron chi connectivity index (χ0n) is 8.89. The van der Waals surface area contributed by atoms with Gasteiger partial charge in [-0.05, 0) is 22.0 Å². The smallest absolute Gasteiger partial charge is 0.295 e. The average Bonchev–Trinajstić information content (AvgIpc) is 2.83. The SMILES string of the molecule is O=[N+]([O-])c1cc(F)c(Br)cc1NCc1cncs1. The van der Waals surface area contributed by atoms with Crippen molar-refractivity contribution in [1.82, 2.24) is 4.98 Å². The monoisotopic (exact) mass is 331 g/mol. The van der Waals surface area contributed by atoms with Crippen LogP contribution in [0.3, 0.4) is 0 Å². The minimum Gasteiger partial charge on any atom is -0.375 e. The Morgan fingerprint density at radius 3 is 2.94 bits per heavy atom. The number of hydrogen-bond donors (Lipinski definition) is 1. The maximum absolute atomic E-state index is 13.2. The van der Waals surface area contributed by atoms with Gasteiger partial charge in [-0.25, -0.2) is 4.39 Å². The Labute approximate surface area is 114 Å². The summed E-state index contributed by atoms with van der Waals surface area (Å²) in [4.78, 5) is 15.0. The van der Waals surface area contributed by atoms with Gasteiger partial charge in [0.1, 0.15) is 11.5 Å². The fraction of sp³-hybridized carbons (Fsp3) is 0.100. The lowest BCUT2D eigenvalue weighted by molar-refractivity contribution is -0.384. The van der Waals surface area contributed by atoms with Crippen molar-refractivity contribution >= 4 is 38.6 Å². The standard InChI is InChI=1S/C10H7BrFN3O2S/c11-7-1-9(10(15(16)17)2-8(7)12)14-4-6-3-13-5-18-6/h1-3,5,14H,4H2. The van der Waals surface area contributed by atoms with E-state index in [1.54, 1.807) is 11.7 Å². The molecule has 1 heterocycles. The third-order valence-electron chi connectivity index (χ3n) is 2.17. The van der Waals surface area contributed by atoms with Gasteiger partial charge in [-0.2, -0.15) is 0 Å². The first-order chi connectivity index (χ1) is 8.58. The zero-order valence-corrected chi connectivity index (χ0v) is 11.3. The largest absolute Gasteiger partial charge is 0.375 e.